The number of fused-ring (bicyclic) bond motifs is 1. The largest absolute Gasteiger partial charge is 0.462 e. The molecular weight excluding hydrogens is 140 g/mol. The molecule has 1 saturated heterocycles. The fourth-order valence-electron chi connectivity index (χ4n) is 2.13. The van der Waals surface area contributed by atoms with Gasteiger partial charge in [0.25, 0.3) is 0 Å². The molecule has 2 nitrogen and oxygen atoms in total. The van der Waals surface area contributed by atoms with E-state index < -0.39 is 0 Å². The van der Waals surface area contributed by atoms with E-state index >= 15 is 0 Å². The number of allylic oxidation sites excluding steroid dienone is 1. The number of cyclic esters (lactones) is 1. The van der Waals surface area contributed by atoms with Crippen LogP contribution in [0.3, 0.4) is 0 Å². The van der Waals surface area contributed by atoms with Crippen molar-refractivity contribution in [1.29, 1.82) is 0 Å². The Hall–Kier alpha value is -0.790. The summed E-state index contributed by atoms with van der Waals surface area (Å²) in [4.78, 5) is 11.1. The zero-order valence-corrected chi connectivity index (χ0v) is 6.67. The third-order valence-corrected chi connectivity index (χ3v) is 2.76. The van der Waals surface area contributed by atoms with Crippen LogP contribution in [0.25, 0.3) is 0 Å². The molecule has 0 amide bonds. The maximum atomic E-state index is 11.1. The molecule has 1 aliphatic carbocycles. The van der Waals surface area contributed by atoms with Crippen molar-refractivity contribution in [2.24, 2.45) is 11.8 Å². The van der Waals surface area contributed by atoms with E-state index in [0.717, 1.165) is 12.8 Å². The lowest BCUT2D eigenvalue weighted by atomic mass is 9.95. The van der Waals surface area contributed by atoms with Gasteiger partial charge < -0.3 is 4.74 Å². The molecule has 11 heavy (non-hydrogen) atoms. The van der Waals surface area contributed by atoms with E-state index in [-0.39, 0.29) is 18.0 Å². The van der Waals surface area contributed by atoms with Gasteiger partial charge in [0.05, 0.1) is 5.92 Å². The van der Waals surface area contributed by atoms with E-state index in [1.54, 1.807) is 0 Å². The summed E-state index contributed by atoms with van der Waals surface area (Å²) < 4.78 is 5.10. The fraction of sp³-hybridized carbons (Fsp3) is 0.667. The Morgan fingerprint density at radius 2 is 2.27 bits per heavy atom. The number of hydrogen-bond acceptors (Lipinski definition) is 2. The monoisotopic (exact) mass is 152 g/mol. The van der Waals surface area contributed by atoms with E-state index in [0.29, 0.717) is 5.92 Å². The van der Waals surface area contributed by atoms with E-state index in [4.69, 9.17) is 4.74 Å². The van der Waals surface area contributed by atoms with Crippen LogP contribution >= 0.6 is 0 Å². The first-order valence-corrected chi connectivity index (χ1v) is 4.05. The van der Waals surface area contributed by atoms with Crippen molar-refractivity contribution in [3.63, 3.8) is 0 Å². The summed E-state index contributed by atoms with van der Waals surface area (Å²) in [5, 5.41) is 0. The lowest BCUT2D eigenvalue weighted by Gasteiger charge is -2.08. The predicted molar refractivity (Wildman–Crippen MR) is 40.9 cm³/mol. The number of carbonyl (C=O) groups excluding carboxylic acids is 1. The first-order chi connectivity index (χ1) is 5.18. The summed E-state index contributed by atoms with van der Waals surface area (Å²) in [5.41, 5.74) is 1.21. The predicted octanol–water partition coefficient (Wildman–Crippen LogP) is 1.51. The first kappa shape index (κ1) is 6.89. The summed E-state index contributed by atoms with van der Waals surface area (Å²) in [6.45, 7) is 5.87. The standard InChI is InChI=1S/C9H12O2/c1-5-3-7-6(2)11-9(10)8(7)4-5/h6-8H,1,3-4H2,2H3/t6-,7-,8-/m0/s1. The fourth-order valence-corrected chi connectivity index (χ4v) is 2.13. The number of ether oxygens (including phenoxy) is 1. The normalized spacial score (nSPS) is 42.5. The molecule has 0 aromatic heterocycles. The molecule has 0 aromatic carbocycles. The Labute approximate surface area is 66.2 Å². The molecule has 0 N–H and O–H groups in total. The maximum absolute atomic E-state index is 11.1. The summed E-state index contributed by atoms with van der Waals surface area (Å²) >= 11 is 0. The van der Waals surface area contributed by atoms with E-state index in [2.05, 4.69) is 6.58 Å². The maximum Gasteiger partial charge on any atom is 0.309 e. The second-order valence-electron chi connectivity index (χ2n) is 3.57. The van der Waals surface area contributed by atoms with Crippen molar-refractivity contribution in [3.8, 4) is 0 Å². The number of carbonyl (C=O) groups is 1. The Morgan fingerprint density at radius 3 is 2.91 bits per heavy atom. The van der Waals surface area contributed by atoms with Crippen LogP contribution in [0.1, 0.15) is 19.8 Å². The molecule has 1 saturated carbocycles. The van der Waals surface area contributed by atoms with Gasteiger partial charge in [-0.1, -0.05) is 12.2 Å². The Morgan fingerprint density at radius 1 is 1.55 bits per heavy atom. The summed E-state index contributed by atoms with van der Waals surface area (Å²) in [7, 11) is 0. The minimum atomic E-state index is -0.0128. The zero-order chi connectivity index (χ0) is 8.01. The van der Waals surface area contributed by atoms with Crippen molar-refractivity contribution in [2.75, 3.05) is 0 Å². The molecule has 2 fully saturated rings. The topological polar surface area (TPSA) is 26.3 Å². The van der Waals surface area contributed by atoms with Crippen LogP contribution in [0.2, 0.25) is 0 Å². The molecule has 0 radical (unpaired) electrons. The van der Waals surface area contributed by atoms with Gasteiger partial charge in [0.1, 0.15) is 6.10 Å². The van der Waals surface area contributed by atoms with Gasteiger partial charge in [-0.3, -0.25) is 4.79 Å². The lowest BCUT2D eigenvalue weighted by Crippen LogP contribution is -2.11. The van der Waals surface area contributed by atoms with Gasteiger partial charge in [-0.05, 0) is 19.8 Å². The van der Waals surface area contributed by atoms with Crippen LogP contribution in [0.5, 0.6) is 0 Å². The summed E-state index contributed by atoms with van der Waals surface area (Å²) in [6, 6.07) is 0. The molecule has 2 rings (SSSR count). The van der Waals surface area contributed by atoms with Gasteiger partial charge in [-0.25, -0.2) is 0 Å². The lowest BCUT2D eigenvalue weighted by molar-refractivity contribution is -0.143. The molecule has 1 aliphatic heterocycles. The highest BCUT2D eigenvalue weighted by Crippen LogP contribution is 2.43. The molecule has 0 bridgehead atoms. The number of esters is 1. The van der Waals surface area contributed by atoms with Gasteiger partial charge >= 0.3 is 5.97 Å². The highest BCUT2D eigenvalue weighted by molar-refractivity contribution is 5.76. The zero-order valence-electron chi connectivity index (χ0n) is 6.67. The molecule has 1 heterocycles. The third kappa shape index (κ3) is 0.889. The van der Waals surface area contributed by atoms with Crippen molar-refractivity contribution in [2.45, 2.75) is 25.9 Å². The van der Waals surface area contributed by atoms with Gasteiger partial charge in [0.15, 0.2) is 0 Å². The van der Waals surface area contributed by atoms with E-state index in [9.17, 15) is 4.79 Å². The van der Waals surface area contributed by atoms with Crippen LogP contribution in [-0.4, -0.2) is 12.1 Å². The number of hydrogen-bond donors (Lipinski definition) is 0. The van der Waals surface area contributed by atoms with Gasteiger partial charge in [0.2, 0.25) is 0 Å². The molecule has 2 heteroatoms. The Kier molecular flexibility index (Phi) is 1.31. The highest BCUT2D eigenvalue weighted by atomic mass is 16.6. The quantitative estimate of drug-likeness (QED) is 0.388. The molecule has 60 valence electrons. The minimum Gasteiger partial charge on any atom is -0.462 e. The van der Waals surface area contributed by atoms with Crippen molar-refractivity contribution < 1.29 is 9.53 Å². The molecule has 0 unspecified atom stereocenters. The molecular formula is C9H12O2. The van der Waals surface area contributed by atoms with E-state index in [1.165, 1.54) is 5.57 Å². The van der Waals surface area contributed by atoms with E-state index in [1.807, 2.05) is 6.92 Å². The molecule has 2 aliphatic rings. The Balaban J connectivity index is 2.23. The van der Waals surface area contributed by atoms with Crippen LogP contribution in [0.4, 0.5) is 0 Å². The van der Waals surface area contributed by atoms with Gasteiger partial charge in [-0.2, -0.15) is 0 Å². The summed E-state index contributed by atoms with van der Waals surface area (Å²) in [5.74, 6) is 0.550. The van der Waals surface area contributed by atoms with Crippen molar-refractivity contribution >= 4 is 5.97 Å². The van der Waals surface area contributed by atoms with Crippen LogP contribution in [0.15, 0.2) is 12.2 Å². The van der Waals surface area contributed by atoms with Crippen molar-refractivity contribution in [3.05, 3.63) is 12.2 Å². The molecule has 0 aromatic rings. The Bertz CT molecular complexity index is 220. The molecule has 0 spiro atoms. The second-order valence-corrected chi connectivity index (χ2v) is 3.57. The van der Waals surface area contributed by atoms with Crippen LogP contribution < -0.4 is 0 Å². The van der Waals surface area contributed by atoms with Crippen LogP contribution in [-0.2, 0) is 9.53 Å². The second kappa shape index (κ2) is 2.10. The SMILES string of the molecule is C=C1C[C@H]2[C@H](C)OC(=O)[C@H]2C1. The molecule has 3 atom stereocenters. The van der Waals surface area contributed by atoms with Gasteiger partial charge in [0, 0.05) is 5.92 Å². The average Bonchev–Trinajstić information content (AvgIpc) is 2.38. The average molecular weight is 152 g/mol. The van der Waals surface area contributed by atoms with Crippen LogP contribution in [0, 0.1) is 11.8 Å². The smallest absolute Gasteiger partial charge is 0.309 e. The summed E-state index contributed by atoms with van der Waals surface area (Å²) in [6.07, 6.45) is 1.96. The van der Waals surface area contributed by atoms with Gasteiger partial charge in [-0.15, -0.1) is 0 Å². The minimum absolute atomic E-state index is 0.0128. The first-order valence-electron chi connectivity index (χ1n) is 4.05. The number of rotatable bonds is 0. The third-order valence-electron chi connectivity index (χ3n) is 2.76. The van der Waals surface area contributed by atoms with Crippen molar-refractivity contribution in [1.82, 2.24) is 0 Å². The highest BCUT2D eigenvalue weighted by Gasteiger charge is 2.46.